The SMILES string of the molecule is CCNC(Cc1ccc(OC)c(Br)c1)c1ccc(C)o1. The zero-order valence-corrected chi connectivity index (χ0v) is 13.7. The van der Waals surface area contributed by atoms with E-state index >= 15 is 0 Å². The summed E-state index contributed by atoms with van der Waals surface area (Å²) in [6, 6.07) is 10.4. The molecule has 2 aromatic rings. The molecule has 20 heavy (non-hydrogen) atoms. The maximum atomic E-state index is 5.75. The predicted molar refractivity (Wildman–Crippen MR) is 84.3 cm³/mol. The van der Waals surface area contributed by atoms with Crippen molar-refractivity contribution >= 4 is 15.9 Å². The van der Waals surface area contributed by atoms with E-state index in [1.54, 1.807) is 7.11 Å². The second-order valence-electron chi connectivity index (χ2n) is 4.73. The molecule has 2 rings (SSSR count). The van der Waals surface area contributed by atoms with Gasteiger partial charge in [-0.25, -0.2) is 0 Å². The van der Waals surface area contributed by atoms with Gasteiger partial charge in [-0.15, -0.1) is 0 Å². The number of aryl methyl sites for hydroxylation is 1. The Labute approximate surface area is 128 Å². The molecule has 0 saturated carbocycles. The first-order valence-electron chi connectivity index (χ1n) is 6.76. The van der Waals surface area contributed by atoms with Gasteiger partial charge < -0.3 is 14.5 Å². The zero-order valence-electron chi connectivity index (χ0n) is 12.1. The van der Waals surface area contributed by atoms with Crippen molar-refractivity contribution in [1.82, 2.24) is 5.32 Å². The number of ether oxygens (including phenoxy) is 1. The van der Waals surface area contributed by atoms with Crippen LogP contribution < -0.4 is 10.1 Å². The molecule has 1 unspecified atom stereocenters. The van der Waals surface area contributed by atoms with Gasteiger partial charge in [0.2, 0.25) is 0 Å². The third-order valence-corrected chi connectivity index (χ3v) is 3.83. The Morgan fingerprint density at radius 2 is 2.10 bits per heavy atom. The summed E-state index contributed by atoms with van der Waals surface area (Å²) >= 11 is 3.53. The van der Waals surface area contributed by atoms with Crippen molar-refractivity contribution in [1.29, 1.82) is 0 Å². The van der Waals surface area contributed by atoms with Gasteiger partial charge in [-0.1, -0.05) is 13.0 Å². The molecule has 1 N–H and O–H groups in total. The maximum absolute atomic E-state index is 5.75. The molecule has 1 atom stereocenters. The summed E-state index contributed by atoms with van der Waals surface area (Å²) in [4.78, 5) is 0. The van der Waals surface area contributed by atoms with Crippen molar-refractivity contribution in [2.75, 3.05) is 13.7 Å². The average Bonchev–Trinajstić information content (AvgIpc) is 2.85. The maximum Gasteiger partial charge on any atom is 0.133 e. The highest BCUT2D eigenvalue weighted by Gasteiger charge is 2.15. The lowest BCUT2D eigenvalue weighted by Gasteiger charge is -2.16. The number of rotatable bonds is 6. The number of methoxy groups -OCH3 is 1. The van der Waals surface area contributed by atoms with Gasteiger partial charge in [0.1, 0.15) is 17.3 Å². The van der Waals surface area contributed by atoms with Crippen LogP contribution >= 0.6 is 15.9 Å². The van der Waals surface area contributed by atoms with Crippen molar-refractivity contribution < 1.29 is 9.15 Å². The van der Waals surface area contributed by atoms with Crippen molar-refractivity contribution in [2.45, 2.75) is 26.3 Å². The first-order valence-corrected chi connectivity index (χ1v) is 7.55. The quantitative estimate of drug-likeness (QED) is 0.855. The number of hydrogen-bond acceptors (Lipinski definition) is 3. The summed E-state index contributed by atoms with van der Waals surface area (Å²) < 4.78 is 12.0. The smallest absolute Gasteiger partial charge is 0.133 e. The Hall–Kier alpha value is -1.26. The third kappa shape index (κ3) is 3.64. The van der Waals surface area contributed by atoms with E-state index in [0.29, 0.717) is 0 Å². The van der Waals surface area contributed by atoms with Crippen LogP contribution in [0.1, 0.15) is 30.0 Å². The van der Waals surface area contributed by atoms with E-state index in [2.05, 4.69) is 40.3 Å². The Balaban J connectivity index is 2.17. The summed E-state index contributed by atoms with van der Waals surface area (Å²) in [6.45, 7) is 4.98. The standard InChI is InChI=1S/C16H20BrNO2/c1-4-18-14(16-7-5-11(2)20-16)10-12-6-8-15(19-3)13(17)9-12/h5-9,14,18H,4,10H2,1-3H3. The van der Waals surface area contributed by atoms with Gasteiger partial charge in [-0.2, -0.15) is 0 Å². The highest BCUT2D eigenvalue weighted by atomic mass is 79.9. The minimum atomic E-state index is 0.189. The van der Waals surface area contributed by atoms with E-state index in [0.717, 1.165) is 34.7 Å². The van der Waals surface area contributed by atoms with Crippen LogP contribution in [0, 0.1) is 6.92 Å². The molecule has 1 heterocycles. The molecule has 0 fully saturated rings. The normalized spacial score (nSPS) is 12.4. The van der Waals surface area contributed by atoms with E-state index in [-0.39, 0.29) is 6.04 Å². The number of hydrogen-bond donors (Lipinski definition) is 1. The summed E-state index contributed by atoms with van der Waals surface area (Å²) in [5, 5.41) is 3.47. The summed E-state index contributed by atoms with van der Waals surface area (Å²) in [7, 11) is 1.67. The zero-order chi connectivity index (χ0) is 14.5. The molecular weight excluding hydrogens is 318 g/mol. The fourth-order valence-electron chi connectivity index (χ4n) is 2.23. The molecule has 0 aliphatic heterocycles. The lowest BCUT2D eigenvalue weighted by atomic mass is 10.0. The van der Waals surface area contributed by atoms with Crippen LogP contribution in [0.4, 0.5) is 0 Å². The Bertz CT molecular complexity index is 565. The molecule has 0 aliphatic carbocycles. The van der Waals surface area contributed by atoms with Crippen LogP contribution in [0.25, 0.3) is 0 Å². The van der Waals surface area contributed by atoms with Crippen molar-refractivity contribution in [3.05, 3.63) is 51.9 Å². The fraction of sp³-hybridized carbons (Fsp3) is 0.375. The van der Waals surface area contributed by atoms with Crippen LogP contribution in [0.15, 0.2) is 39.2 Å². The molecule has 0 amide bonds. The van der Waals surface area contributed by atoms with Crippen LogP contribution in [0.5, 0.6) is 5.75 Å². The summed E-state index contributed by atoms with van der Waals surface area (Å²) in [6.07, 6.45) is 0.878. The molecule has 0 aliphatic rings. The first-order chi connectivity index (χ1) is 9.63. The molecule has 3 nitrogen and oxygen atoms in total. The van der Waals surface area contributed by atoms with Gasteiger partial charge in [0.25, 0.3) is 0 Å². The minimum absolute atomic E-state index is 0.189. The summed E-state index contributed by atoms with van der Waals surface area (Å²) in [5.41, 5.74) is 1.23. The van der Waals surface area contributed by atoms with Crippen molar-refractivity contribution in [2.24, 2.45) is 0 Å². The summed E-state index contributed by atoms with van der Waals surface area (Å²) in [5.74, 6) is 2.78. The number of nitrogens with one attached hydrogen (secondary N) is 1. The molecule has 1 aromatic heterocycles. The van der Waals surface area contributed by atoms with E-state index in [9.17, 15) is 0 Å². The molecule has 0 bridgehead atoms. The second-order valence-corrected chi connectivity index (χ2v) is 5.59. The van der Waals surface area contributed by atoms with Gasteiger partial charge in [0.05, 0.1) is 17.6 Å². The van der Waals surface area contributed by atoms with Crippen molar-refractivity contribution in [3.8, 4) is 5.75 Å². The van der Waals surface area contributed by atoms with E-state index in [1.165, 1.54) is 5.56 Å². The average molecular weight is 338 g/mol. The number of halogens is 1. The largest absolute Gasteiger partial charge is 0.496 e. The fourth-order valence-corrected chi connectivity index (χ4v) is 2.82. The van der Waals surface area contributed by atoms with E-state index < -0.39 is 0 Å². The van der Waals surface area contributed by atoms with Crippen LogP contribution in [-0.2, 0) is 6.42 Å². The molecular formula is C16H20BrNO2. The minimum Gasteiger partial charge on any atom is -0.496 e. The lowest BCUT2D eigenvalue weighted by molar-refractivity contribution is 0.402. The monoisotopic (exact) mass is 337 g/mol. The Morgan fingerprint density at radius 3 is 2.65 bits per heavy atom. The van der Waals surface area contributed by atoms with Gasteiger partial charge in [0, 0.05) is 0 Å². The van der Waals surface area contributed by atoms with Gasteiger partial charge in [0.15, 0.2) is 0 Å². The van der Waals surface area contributed by atoms with Gasteiger partial charge in [-0.05, 0) is 65.6 Å². The second kappa shape index (κ2) is 6.95. The topological polar surface area (TPSA) is 34.4 Å². The van der Waals surface area contributed by atoms with Crippen LogP contribution in [0.2, 0.25) is 0 Å². The Kier molecular flexibility index (Phi) is 5.26. The molecule has 0 spiro atoms. The molecule has 0 saturated heterocycles. The van der Waals surface area contributed by atoms with Crippen molar-refractivity contribution in [3.63, 3.8) is 0 Å². The van der Waals surface area contributed by atoms with E-state index in [4.69, 9.17) is 9.15 Å². The van der Waals surface area contributed by atoms with E-state index in [1.807, 2.05) is 25.1 Å². The van der Waals surface area contributed by atoms with Crippen LogP contribution in [0.3, 0.4) is 0 Å². The van der Waals surface area contributed by atoms with Crippen LogP contribution in [-0.4, -0.2) is 13.7 Å². The predicted octanol–water partition coefficient (Wildman–Crippen LogP) is 4.25. The molecule has 1 aromatic carbocycles. The molecule has 108 valence electrons. The highest BCUT2D eigenvalue weighted by Crippen LogP contribution is 2.28. The molecule has 0 radical (unpaired) electrons. The van der Waals surface area contributed by atoms with Gasteiger partial charge >= 0.3 is 0 Å². The number of furan rings is 1. The molecule has 4 heteroatoms. The number of likely N-dealkylation sites (N-methyl/N-ethyl adjacent to an activating group) is 1. The first kappa shape index (κ1) is 15.1. The third-order valence-electron chi connectivity index (χ3n) is 3.21. The number of benzene rings is 1. The Morgan fingerprint density at radius 1 is 1.30 bits per heavy atom. The lowest BCUT2D eigenvalue weighted by Crippen LogP contribution is -2.22. The highest BCUT2D eigenvalue weighted by molar-refractivity contribution is 9.10. The van der Waals surface area contributed by atoms with Gasteiger partial charge in [-0.3, -0.25) is 0 Å².